The highest BCUT2D eigenvalue weighted by atomic mass is 16.3. The van der Waals surface area contributed by atoms with E-state index >= 15 is 0 Å². The highest BCUT2D eigenvalue weighted by Gasteiger charge is 2.26. The first-order valence-corrected chi connectivity index (χ1v) is 5.59. The Hall–Kier alpha value is -0.120. The van der Waals surface area contributed by atoms with Gasteiger partial charge in [0, 0.05) is 19.1 Å². The van der Waals surface area contributed by atoms with Crippen LogP contribution in [0.1, 0.15) is 33.6 Å². The molecule has 0 radical (unpaired) electrons. The zero-order chi connectivity index (χ0) is 10.8. The average molecular weight is 200 g/mol. The van der Waals surface area contributed by atoms with Crippen LogP contribution in [0, 0.1) is 5.92 Å². The monoisotopic (exact) mass is 200 g/mol. The van der Waals surface area contributed by atoms with E-state index in [-0.39, 0.29) is 0 Å². The van der Waals surface area contributed by atoms with Gasteiger partial charge in [0.05, 0.1) is 5.60 Å². The van der Waals surface area contributed by atoms with Crippen LogP contribution in [0.4, 0.5) is 0 Å². The van der Waals surface area contributed by atoms with Crippen molar-refractivity contribution >= 4 is 0 Å². The molecule has 1 saturated heterocycles. The van der Waals surface area contributed by atoms with E-state index in [1.54, 1.807) is 0 Å². The Morgan fingerprint density at radius 2 is 2.21 bits per heavy atom. The molecule has 2 atom stereocenters. The minimum absolute atomic E-state index is 0.308. The minimum atomic E-state index is -0.535. The summed E-state index contributed by atoms with van der Waals surface area (Å²) < 4.78 is 0. The second kappa shape index (κ2) is 4.60. The quantitative estimate of drug-likeness (QED) is 0.706. The van der Waals surface area contributed by atoms with Crippen LogP contribution in [0.2, 0.25) is 0 Å². The van der Waals surface area contributed by atoms with Gasteiger partial charge in [-0.1, -0.05) is 0 Å². The fourth-order valence-electron chi connectivity index (χ4n) is 1.93. The molecule has 1 aliphatic heterocycles. The van der Waals surface area contributed by atoms with Crippen LogP contribution >= 0.6 is 0 Å². The Balaban J connectivity index is 2.23. The molecule has 0 aromatic carbocycles. The number of hydrogen-bond donors (Lipinski definition) is 2. The second-order valence-electron chi connectivity index (χ2n) is 5.27. The van der Waals surface area contributed by atoms with E-state index in [2.05, 4.69) is 11.8 Å². The number of nitrogens with two attached hydrogens (primary N) is 1. The Kier molecular flexibility index (Phi) is 3.93. The first kappa shape index (κ1) is 12.0. The largest absolute Gasteiger partial charge is 0.390 e. The van der Waals surface area contributed by atoms with Crippen LogP contribution in [0.5, 0.6) is 0 Å². The zero-order valence-electron chi connectivity index (χ0n) is 9.66. The van der Waals surface area contributed by atoms with Gasteiger partial charge in [0.2, 0.25) is 0 Å². The third-order valence-corrected chi connectivity index (χ3v) is 3.09. The third kappa shape index (κ3) is 3.95. The van der Waals surface area contributed by atoms with E-state index in [1.807, 2.05) is 13.8 Å². The van der Waals surface area contributed by atoms with Crippen LogP contribution in [-0.2, 0) is 0 Å². The molecule has 0 saturated carbocycles. The first-order valence-electron chi connectivity index (χ1n) is 5.59. The lowest BCUT2D eigenvalue weighted by Crippen LogP contribution is -2.32. The lowest BCUT2D eigenvalue weighted by molar-refractivity contribution is 0.0600. The molecule has 3 nitrogen and oxygen atoms in total. The molecule has 0 aromatic heterocycles. The van der Waals surface area contributed by atoms with E-state index < -0.39 is 5.60 Å². The van der Waals surface area contributed by atoms with Gasteiger partial charge in [-0.3, -0.25) is 0 Å². The van der Waals surface area contributed by atoms with Crippen molar-refractivity contribution in [3.05, 3.63) is 0 Å². The van der Waals surface area contributed by atoms with E-state index in [1.165, 1.54) is 6.42 Å². The van der Waals surface area contributed by atoms with E-state index in [0.717, 1.165) is 26.1 Å². The lowest BCUT2D eigenvalue weighted by atomic mass is 10.0. The van der Waals surface area contributed by atoms with Crippen LogP contribution < -0.4 is 5.73 Å². The summed E-state index contributed by atoms with van der Waals surface area (Å²) in [5.41, 5.74) is 5.33. The molecule has 0 aliphatic carbocycles. The summed E-state index contributed by atoms with van der Waals surface area (Å²) in [7, 11) is 0. The van der Waals surface area contributed by atoms with Crippen molar-refractivity contribution in [2.45, 2.75) is 45.3 Å². The van der Waals surface area contributed by atoms with Crippen LogP contribution in [0.15, 0.2) is 0 Å². The minimum Gasteiger partial charge on any atom is -0.390 e. The fraction of sp³-hybridized carbons (Fsp3) is 1.00. The summed E-state index contributed by atoms with van der Waals surface area (Å²) in [5, 5.41) is 9.60. The molecule has 0 bridgehead atoms. The molecular formula is C11H24N2O. The lowest BCUT2D eigenvalue weighted by Gasteiger charge is -2.22. The van der Waals surface area contributed by atoms with Gasteiger partial charge < -0.3 is 15.7 Å². The zero-order valence-corrected chi connectivity index (χ0v) is 9.66. The van der Waals surface area contributed by atoms with E-state index in [4.69, 9.17) is 5.73 Å². The maximum Gasteiger partial charge on any atom is 0.0603 e. The number of nitrogens with zero attached hydrogens (tertiary/aromatic N) is 1. The Morgan fingerprint density at radius 3 is 2.64 bits per heavy atom. The molecule has 84 valence electrons. The van der Waals surface area contributed by atoms with Gasteiger partial charge in [0.1, 0.15) is 0 Å². The van der Waals surface area contributed by atoms with Gasteiger partial charge in [0.15, 0.2) is 0 Å². The summed E-state index contributed by atoms with van der Waals surface area (Å²) in [4.78, 5) is 2.41. The Morgan fingerprint density at radius 1 is 1.57 bits per heavy atom. The Bertz CT molecular complexity index is 175. The van der Waals surface area contributed by atoms with Crippen molar-refractivity contribution < 1.29 is 5.11 Å². The van der Waals surface area contributed by atoms with Crippen molar-refractivity contribution in [3.8, 4) is 0 Å². The van der Waals surface area contributed by atoms with E-state index in [0.29, 0.717) is 12.0 Å². The van der Waals surface area contributed by atoms with Gasteiger partial charge >= 0.3 is 0 Å². The molecule has 0 spiro atoms. The van der Waals surface area contributed by atoms with E-state index in [9.17, 15) is 5.11 Å². The normalized spacial score (nSPS) is 26.8. The molecule has 1 aliphatic rings. The van der Waals surface area contributed by atoms with Crippen molar-refractivity contribution in [1.29, 1.82) is 0 Å². The summed E-state index contributed by atoms with van der Waals surface area (Å²) in [5.74, 6) is 0.650. The molecule has 0 amide bonds. The van der Waals surface area contributed by atoms with Crippen molar-refractivity contribution in [3.63, 3.8) is 0 Å². The summed E-state index contributed by atoms with van der Waals surface area (Å²) >= 11 is 0. The van der Waals surface area contributed by atoms with Gasteiger partial charge in [0.25, 0.3) is 0 Å². The SMILES string of the molecule is CC(N)C1CCN(CCC(C)(C)O)C1. The molecule has 3 heteroatoms. The molecular weight excluding hydrogens is 176 g/mol. The molecule has 14 heavy (non-hydrogen) atoms. The maximum atomic E-state index is 9.60. The van der Waals surface area contributed by atoms with Crippen molar-refractivity contribution in [2.24, 2.45) is 11.7 Å². The highest BCUT2D eigenvalue weighted by Crippen LogP contribution is 2.20. The van der Waals surface area contributed by atoms with Gasteiger partial charge in [-0.15, -0.1) is 0 Å². The molecule has 0 aromatic rings. The average Bonchev–Trinajstić information content (AvgIpc) is 2.47. The first-order chi connectivity index (χ1) is 6.38. The van der Waals surface area contributed by atoms with Crippen LogP contribution in [0.25, 0.3) is 0 Å². The fourth-order valence-corrected chi connectivity index (χ4v) is 1.93. The Labute approximate surface area is 87.3 Å². The number of aliphatic hydroxyl groups is 1. The second-order valence-corrected chi connectivity index (χ2v) is 5.27. The maximum absolute atomic E-state index is 9.60. The van der Waals surface area contributed by atoms with Crippen LogP contribution in [0.3, 0.4) is 0 Å². The molecule has 3 N–H and O–H groups in total. The molecule has 1 rings (SSSR count). The predicted molar refractivity (Wildman–Crippen MR) is 59.1 cm³/mol. The molecule has 1 fully saturated rings. The summed E-state index contributed by atoms with van der Waals surface area (Å²) in [6, 6.07) is 0.308. The van der Waals surface area contributed by atoms with Crippen molar-refractivity contribution in [1.82, 2.24) is 4.90 Å². The summed E-state index contributed by atoms with van der Waals surface area (Å²) in [6.45, 7) is 9.06. The molecule has 1 heterocycles. The smallest absolute Gasteiger partial charge is 0.0603 e. The topological polar surface area (TPSA) is 49.5 Å². The molecule has 2 unspecified atom stereocenters. The van der Waals surface area contributed by atoms with Crippen LogP contribution in [-0.4, -0.2) is 41.3 Å². The van der Waals surface area contributed by atoms with Crippen molar-refractivity contribution in [2.75, 3.05) is 19.6 Å². The van der Waals surface area contributed by atoms with Gasteiger partial charge in [-0.2, -0.15) is 0 Å². The number of hydrogen-bond acceptors (Lipinski definition) is 3. The number of likely N-dealkylation sites (tertiary alicyclic amines) is 1. The number of rotatable bonds is 4. The van der Waals surface area contributed by atoms with Gasteiger partial charge in [-0.25, -0.2) is 0 Å². The predicted octanol–water partition coefficient (Wildman–Crippen LogP) is 0.817. The highest BCUT2D eigenvalue weighted by molar-refractivity contribution is 4.81. The third-order valence-electron chi connectivity index (χ3n) is 3.09. The van der Waals surface area contributed by atoms with Gasteiger partial charge in [-0.05, 0) is 46.1 Å². The standard InChI is InChI=1S/C11H24N2O/c1-9(12)10-4-6-13(8-10)7-5-11(2,3)14/h9-10,14H,4-8,12H2,1-3H3. The summed E-state index contributed by atoms with van der Waals surface area (Å²) in [6.07, 6.45) is 2.06.